The van der Waals surface area contributed by atoms with E-state index in [1.807, 2.05) is 0 Å². The molecule has 0 aromatic rings. The molecular weight excluding hydrogens is 186 g/mol. The molecular formula is C9H17NO4. The summed E-state index contributed by atoms with van der Waals surface area (Å²) in [5, 5.41) is 8.94. The summed E-state index contributed by atoms with van der Waals surface area (Å²) >= 11 is 0. The SMILES string of the molecule is COC(=O)[C@H](N)C(C(=O)O)C(C)(C)C. The van der Waals surface area contributed by atoms with E-state index in [1.54, 1.807) is 20.8 Å². The smallest absolute Gasteiger partial charge is 0.323 e. The second kappa shape index (κ2) is 4.41. The molecule has 1 unspecified atom stereocenters. The summed E-state index contributed by atoms with van der Waals surface area (Å²) in [4.78, 5) is 22.0. The van der Waals surface area contributed by atoms with Crippen molar-refractivity contribution < 1.29 is 19.4 Å². The quantitative estimate of drug-likeness (QED) is 0.641. The van der Waals surface area contributed by atoms with E-state index in [2.05, 4.69) is 4.74 Å². The number of rotatable bonds is 3. The second-order valence-electron chi connectivity index (χ2n) is 4.23. The van der Waals surface area contributed by atoms with Crippen LogP contribution in [0.1, 0.15) is 20.8 Å². The maximum absolute atomic E-state index is 11.1. The minimum atomic E-state index is -1.13. The Hall–Kier alpha value is -1.10. The Kier molecular flexibility index (Phi) is 4.07. The van der Waals surface area contributed by atoms with Crippen molar-refractivity contribution in [1.29, 1.82) is 0 Å². The molecule has 5 heteroatoms. The highest BCUT2D eigenvalue weighted by Gasteiger charge is 2.40. The molecule has 0 aromatic carbocycles. The van der Waals surface area contributed by atoms with E-state index in [4.69, 9.17) is 10.8 Å². The van der Waals surface area contributed by atoms with Gasteiger partial charge in [-0.3, -0.25) is 9.59 Å². The molecule has 0 aliphatic rings. The van der Waals surface area contributed by atoms with E-state index < -0.39 is 29.3 Å². The number of nitrogens with two attached hydrogens (primary N) is 1. The number of methoxy groups -OCH3 is 1. The Morgan fingerprint density at radius 1 is 1.36 bits per heavy atom. The van der Waals surface area contributed by atoms with Gasteiger partial charge in [-0.05, 0) is 5.41 Å². The number of carbonyl (C=O) groups excluding carboxylic acids is 1. The van der Waals surface area contributed by atoms with Crippen molar-refractivity contribution in [3.8, 4) is 0 Å². The molecule has 14 heavy (non-hydrogen) atoms. The normalized spacial score (nSPS) is 15.8. The summed E-state index contributed by atoms with van der Waals surface area (Å²) in [5.41, 5.74) is 4.92. The van der Waals surface area contributed by atoms with Crippen molar-refractivity contribution in [2.75, 3.05) is 7.11 Å². The van der Waals surface area contributed by atoms with Gasteiger partial charge in [0, 0.05) is 0 Å². The molecule has 5 nitrogen and oxygen atoms in total. The van der Waals surface area contributed by atoms with E-state index in [9.17, 15) is 9.59 Å². The van der Waals surface area contributed by atoms with Gasteiger partial charge in [-0.25, -0.2) is 0 Å². The van der Waals surface area contributed by atoms with Gasteiger partial charge >= 0.3 is 11.9 Å². The van der Waals surface area contributed by atoms with E-state index in [-0.39, 0.29) is 0 Å². The Morgan fingerprint density at radius 3 is 2.00 bits per heavy atom. The predicted octanol–water partition coefficient (Wildman–Crippen LogP) is 0.234. The van der Waals surface area contributed by atoms with E-state index in [0.717, 1.165) is 0 Å². The van der Waals surface area contributed by atoms with Crippen LogP contribution in [0.25, 0.3) is 0 Å². The molecule has 3 N–H and O–H groups in total. The zero-order valence-corrected chi connectivity index (χ0v) is 8.90. The first-order chi connectivity index (χ1) is 6.21. The maximum atomic E-state index is 11.1. The average Bonchev–Trinajstić information content (AvgIpc) is 1.99. The third-order valence-corrected chi connectivity index (χ3v) is 2.03. The Bertz CT molecular complexity index is 231. The Morgan fingerprint density at radius 2 is 1.79 bits per heavy atom. The highest BCUT2D eigenvalue weighted by Crippen LogP contribution is 2.28. The lowest BCUT2D eigenvalue weighted by atomic mass is 9.76. The fraction of sp³-hybridized carbons (Fsp3) is 0.778. The van der Waals surface area contributed by atoms with E-state index in [0.29, 0.717) is 0 Å². The molecule has 0 amide bonds. The molecule has 0 saturated carbocycles. The Balaban J connectivity index is 4.85. The van der Waals surface area contributed by atoms with Crippen molar-refractivity contribution in [2.45, 2.75) is 26.8 Å². The van der Waals surface area contributed by atoms with Crippen molar-refractivity contribution in [1.82, 2.24) is 0 Å². The van der Waals surface area contributed by atoms with Gasteiger partial charge in [-0.1, -0.05) is 20.8 Å². The summed E-state index contributed by atoms with van der Waals surface area (Å²) in [7, 11) is 1.18. The van der Waals surface area contributed by atoms with Crippen LogP contribution in [0, 0.1) is 11.3 Å². The summed E-state index contributed by atoms with van der Waals surface area (Å²) in [6, 6.07) is -1.13. The van der Waals surface area contributed by atoms with E-state index in [1.165, 1.54) is 7.11 Å². The minimum absolute atomic E-state index is 0.584. The standard InChI is InChI=1S/C9H17NO4/c1-9(2,3)5(7(11)12)6(10)8(13)14-4/h5-6H,10H2,1-4H3,(H,11,12)/t5?,6-/m1/s1. The van der Waals surface area contributed by atoms with Crippen LogP contribution in [-0.2, 0) is 14.3 Å². The molecule has 0 aliphatic heterocycles. The largest absolute Gasteiger partial charge is 0.481 e. The van der Waals surface area contributed by atoms with Gasteiger partial charge in [0.25, 0.3) is 0 Å². The Labute approximate surface area is 83.2 Å². The predicted molar refractivity (Wildman–Crippen MR) is 50.6 cm³/mol. The first-order valence-corrected chi connectivity index (χ1v) is 4.28. The molecule has 0 aromatic heterocycles. The molecule has 0 fully saturated rings. The van der Waals surface area contributed by atoms with Gasteiger partial charge in [0.1, 0.15) is 6.04 Å². The second-order valence-corrected chi connectivity index (χ2v) is 4.23. The van der Waals surface area contributed by atoms with Gasteiger partial charge in [-0.15, -0.1) is 0 Å². The van der Waals surface area contributed by atoms with Crippen LogP contribution in [0.2, 0.25) is 0 Å². The number of hydrogen-bond acceptors (Lipinski definition) is 4. The number of carboxylic acid groups (broad SMARTS) is 1. The third kappa shape index (κ3) is 2.99. The van der Waals surface area contributed by atoms with Crippen molar-refractivity contribution in [3.63, 3.8) is 0 Å². The minimum Gasteiger partial charge on any atom is -0.481 e. The highest BCUT2D eigenvalue weighted by atomic mass is 16.5. The average molecular weight is 203 g/mol. The molecule has 0 spiro atoms. The van der Waals surface area contributed by atoms with Gasteiger partial charge in [0.15, 0.2) is 0 Å². The number of carboxylic acids is 1. The fourth-order valence-corrected chi connectivity index (χ4v) is 1.33. The number of carbonyl (C=O) groups is 2. The maximum Gasteiger partial charge on any atom is 0.323 e. The highest BCUT2D eigenvalue weighted by molar-refractivity contribution is 5.84. The fourth-order valence-electron chi connectivity index (χ4n) is 1.33. The number of ether oxygens (including phenoxy) is 1. The molecule has 0 saturated heterocycles. The molecule has 0 aliphatic carbocycles. The van der Waals surface area contributed by atoms with Crippen LogP contribution < -0.4 is 5.73 Å². The van der Waals surface area contributed by atoms with Crippen molar-refractivity contribution >= 4 is 11.9 Å². The summed E-state index contributed by atoms with van der Waals surface area (Å²) < 4.78 is 4.41. The van der Waals surface area contributed by atoms with Gasteiger partial charge in [0.05, 0.1) is 13.0 Å². The van der Waals surface area contributed by atoms with Crippen LogP contribution in [-0.4, -0.2) is 30.2 Å². The molecule has 0 bridgehead atoms. The zero-order chi connectivity index (χ0) is 11.5. The van der Waals surface area contributed by atoms with Crippen molar-refractivity contribution in [3.05, 3.63) is 0 Å². The lowest BCUT2D eigenvalue weighted by Gasteiger charge is -2.30. The number of hydrogen-bond donors (Lipinski definition) is 2. The summed E-state index contributed by atoms with van der Waals surface area (Å²) in [6.45, 7) is 5.15. The van der Waals surface area contributed by atoms with Crippen LogP contribution in [0.5, 0.6) is 0 Å². The number of aliphatic carboxylic acids is 1. The van der Waals surface area contributed by atoms with Crippen LogP contribution in [0.4, 0.5) is 0 Å². The molecule has 0 radical (unpaired) electrons. The first-order valence-electron chi connectivity index (χ1n) is 4.28. The van der Waals surface area contributed by atoms with Gasteiger partial charge in [-0.2, -0.15) is 0 Å². The van der Waals surface area contributed by atoms with Crippen LogP contribution >= 0.6 is 0 Å². The van der Waals surface area contributed by atoms with Crippen molar-refractivity contribution in [2.24, 2.45) is 17.1 Å². The lowest BCUT2D eigenvalue weighted by molar-refractivity contribution is -0.155. The lowest BCUT2D eigenvalue weighted by Crippen LogP contribution is -2.48. The van der Waals surface area contributed by atoms with Gasteiger partial charge in [0.2, 0.25) is 0 Å². The first kappa shape index (κ1) is 12.9. The molecule has 0 rings (SSSR count). The summed E-state index contributed by atoms with van der Waals surface area (Å²) in [5.74, 6) is -2.74. The van der Waals surface area contributed by atoms with Crippen LogP contribution in [0.15, 0.2) is 0 Å². The molecule has 82 valence electrons. The molecule has 2 atom stereocenters. The van der Waals surface area contributed by atoms with Crippen LogP contribution in [0.3, 0.4) is 0 Å². The number of esters is 1. The topological polar surface area (TPSA) is 89.6 Å². The third-order valence-electron chi connectivity index (χ3n) is 2.03. The summed E-state index contributed by atoms with van der Waals surface area (Å²) in [6.07, 6.45) is 0. The van der Waals surface area contributed by atoms with E-state index >= 15 is 0 Å². The van der Waals surface area contributed by atoms with Gasteiger partial charge < -0.3 is 15.6 Å². The zero-order valence-electron chi connectivity index (χ0n) is 8.90. The monoisotopic (exact) mass is 203 g/mol. The molecule has 0 heterocycles.